The summed E-state index contributed by atoms with van der Waals surface area (Å²) in [4.78, 5) is 26.8. The van der Waals surface area contributed by atoms with Gasteiger partial charge in [0.05, 0.1) is 21.6 Å². The lowest BCUT2D eigenvalue weighted by molar-refractivity contribution is -0.131. The topological polar surface area (TPSA) is 89.5 Å². The molecule has 0 atom stereocenters. The van der Waals surface area contributed by atoms with Crippen molar-refractivity contribution in [1.82, 2.24) is 19.9 Å². The highest BCUT2D eigenvalue weighted by molar-refractivity contribution is 6.32. The lowest BCUT2D eigenvalue weighted by Crippen LogP contribution is -2.31. The summed E-state index contributed by atoms with van der Waals surface area (Å²) in [6.07, 6.45) is 3.19. The number of anilines is 2. The molecule has 0 saturated heterocycles. The van der Waals surface area contributed by atoms with Crippen LogP contribution in [0.3, 0.4) is 0 Å². The number of amides is 1. The van der Waals surface area contributed by atoms with E-state index in [0.717, 1.165) is 5.69 Å². The molecule has 2 aromatic carbocycles. The van der Waals surface area contributed by atoms with E-state index in [2.05, 4.69) is 20.3 Å². The Balaban J connectivity index is 1.53. The Hall–Kier alpha value is -3.91. The highest BCUT2D eigenvalue weighted by Gasteiger charge is 2.14. The van der Waals surface area contributed by atoms with Crippen LogP contribution in [0.1, 0.15) is 12.6 Å². The standard InChI is InChI=1S/C25H24ClN5O3/c1-3-31(2)23(32)15-34-22-9-6-8-20-24(22)25(29-16-28-20)30-17-10-11-21(19(26)13-17)33-14-18-7-4-5-12-27-18/h4-13,16H,3,14-15H2,1-2H3,(H,28,29,30). The molecule has 9 heteroatoms. The minimum atomic E-state index is -0.112. The zero-order chi connectivity index (χ0) is 23.9. The molecular weight excluding hydrogens is 454 g/mol. The van der Waals surface area contributed by atoms with Gasteiger partial charge in [-0.3, -0.25) is 9.78 Å². The molecule has 0 radical (unpaired) electrons. The summed E-state index contributed by atoms with van der Waals surface area (Å²) in [6.45, 7) is 2.75. The minimum absolute atomic E-state index is 0.0775. The molecule has 0 fully saturated rings. The second-order valence-corrected chi connectivity index (χ2v) is 7.86. The van der Waals surface area contributed by atoms with E-state index in [1.54, 1.807) is 36.3 Å². The molecule has 1 amide bonds. The first kappa shape index (κ1) is 23.3. The zero-order valence-electron chi connectivity index (χ0n) is 18.9. The molecule has 0 spiro atoms. The Morgan fingerprint density at radius 3 is 2.68 bits per heavy atom. The second kappa shape index (κ2) is 10.8. The first-order valence-corrected chi connectivity index (χ1v) is 11.1. The van der Waals surface area contributed by atoms with Gasteiger partial charge in [-0.1, -0.05) is 23.7 Å². The van der Waals surface area contributed by atoms with E-state index >= 15 is 0 Å². The van der Waals surface area contributed by atoms with Gasteiger partial charge in [0.2, 0.25) is 0 Å². The zero-order valence-corrected chi connectivity index (χ0v) is 19.6. The third kappa shape index (κ3) is 5.52. The van der Waals surface area contributed by atoms with Crippen molar-refractivity contribution in [2.24, 2.45) is 0 Å². The summed E-state index contributed by atoms with van der Waals surface area (Å²) in [6, 6.07) is 16.5. The number of ether oxygens (including phenoxy) is 2. The number of fused-ring (bicyclic) bond motifs is 1. The van der Waals surface area contributed by atoms with Gasteiger partial charge in [-0.05, 0) is 49.4 Å². The fourth-order valence-electron chi connectivity index (χ4n) is 3.19. The Bertz CT molecular complexity index is 1280. The number of carbonyl (C=O) groups is 1. The highest BCUT2D eigenvalue weighted by atomic mass is 35.5. The summed E-state index contributed by atoms with van der Waals surface area (Å²) in [5.41, 5.74) is 2.21. The van der Waals surface area contributed by atoms with Crippen molar-refractivity contribution in [3.8, 4) is 11.5 Å². The molecule has 4 aromatic rings. The number of rotatable bonds is 9. The Morgan fingerprint density at radius 1 is 1.03 bits per heavy atom. The van der Waals surface area contributed by atoms with E-state index < -0.39 is 0 Å². The van der Waals surface area contributed by atoms with Crippen molar-refractivity contribution in [2.45, 2.75) is 13.5 Å². The van der Waals surface area contributed by atoms with E-state index in [1.165, 1.54) is 6.33 Å². The third-order valence-electron chi connectivity index (χ3n) is 5.17. The fourth-order valence-corrected chi connectivity index (χ4v) is 3.42. The molecule has 8 nitrogen and oxygen atoms in total. The van der Waals surface area contributed by atoms with Crippen LogP contribution in [0.2, 0.25) is 5.02 Å². The summed E-state index contributed by atoms with van der Waals surface area (Å²) in [5, 5.41) is 4.39. The molecular formula is C25H24ClN5O3. The molecule has 0 aliphatic rings. The molecule has 4 rings (SSSR count). The second-order valence-electron chi connectivity index (χ2n) is 7.45. The average Bonchev–Trinajstić information content (AvgIpc) is 2.87. The number of nitrogens with zero attached hydrogens (tertiary/aromatic N) is 4. The first-order chi connectivity index (χ1) is 16.5. The number of pyridine rings is 1. The quantitative estimate of drug-likeness (QED) is 0.368. The molecule has 2 heterocycles. The molecule has 0 aliphatic carbocycles. The molecule has 1 N–H and O–H groups in total. The Morgan fingerprint density at radius 2 is 1.91 bits per heavy atom. The van der Waals surface area contributed by atoms with Crippen LogP contribution in [-0.4, -0.2) is 46.0 Å². The SMILES string of the molecule is CCN(C)C(=O)COc1cccc2ncnc(Nc3ccc(OCc4ccccn4)c(Cl)c3)c12. The van der Waals surface area contributed by atoms with Gasteiger partial charge < -0.3 is 19.7 Å². The van der Waals surface area contributed by atoms with Crippen LogP contribution < -0.4 is 14.8 Å². The molecule has 0 unspecified atom stereocenters. The maximum Gasteiger partial charge on any atom is 0.260 e. The Kier molecular flexibility index (Phi) is 7.39. The number of aromatic nitrogens is 3. The van der Waals surface area contributed by atoms with Crippen LogP contribution in [0.5, 0.6) is 11.5 Å². The lowest BCUT2D eigenvalue weighted by Gasteiger charge is -2.16. The summed E-state index contributed by atoms with van der Waals surface area (Å²) in [5.74, 6) is 1.49. The van der Waals surface area contributed by atoms with E-state index in [0.29, 0.717) is 52.1 Å². The van der Waals surface area contributed by atoms with Gasteiger partial charge in [0.15, 0.2) is 6.61 Å². The average molecular weight is 478 g/mol. The van der Waals surface area contributed by atoms with Crippen molar-refractivity contribution in [3.63, 3.8) is 0 Å². The van der Waals surface area contributed by atoms with Crippen molar-refractivity contribution >= 4 is 39.9 Å². The third-order valence-corrected chi connectivity index (χ3v) is 5.47. The van der Waals surface area contributed by atoms with E-state index in [1.807, 2.05) is 43.3 Å². The fraction of sp³-hybridized carbons (Fsp3) is 0.200. The molecule has 0 bridgehead atoms. The number of benzene rings is 2. The van der Waals surface area contributed by atoms with Gasteiger partial charge in [-0.2, -0.15) is 0 Å². The number of hydrogen-bond acceptors (Lipinski definition) is 7. The van der Waals surface area contributed by atoms with Crippen LogP contribution in [0, 0.1) is 0 Å². The smallest absolute Gasteiger partial charge is 0.260 e. The number of hydrogen-bond donors (Lipinski definition) is 1. The van der Waals surface area contributed by atoms with E-state index in [-0.39, 0.29) is 12.5 Å². The molecule has 0 aliphatic heterocycles. The van der Waals surface area contributed by atoms with Crippen LogP contribution in [0.25, 0.3) is 10.9 Å². The predicted octanol–water partition coefficient (Wildman–Crippen LogP) is 4.86. The van der Waals surface area contributed by atoms with Crippen molar-refractivity contribution in [2.75, 3.05) is 25.5 Å². The highest BCUT2D eigenvalue weighted by Crippen LogP contribution is 2.34. The number of carbonyl (C=O) groups excluding carboxylic acids is 1. The molecule has 174 valence electrons. The first-order valence-electron chi connectivity index (χ1n) is 10.7. The largest absolute Gasteiger partial charge is 0.486 e. The Labute approximate surface area is 202 Å². The van der Waals surface area contributed by atoms with Gasteiger partial charge in [0, 0.05) is 25.5 Å². The normalized spacial score (nSPS) is 10.7. The molecule has 34 heavy (non-hydrogen) atoms. The number of halogens is 1. The maximum absolute atomic E-state index is 12.2. The monoisotopic (exact) mass is 477 g/mol. The maximum atomic E-state index is 12.2. The van der Waals surface area contributed by atoms with Crippen LogP contribution >= 0.6 is 11.6 Å². The summed E-state index contributed by atoms with van der Waals surface area (Å²) in [7, 11) is 1.73. The van der Waals surface area contributed by atoms with E-state index in [9.17, 15) is 4.79 Å². The lowest BCUT2D eigenvalue weighted by atomic mass is 10.2. The number of nitrogens with one attached hydrogen (secondary N) is 1. The van der Waals surface area contributed by atoms with Crippen molar-refractivity contribution < 1.29 is 14.3 Å². The minimum Gasteiger partial charge on any atom is -0.486 e. The van der Waals surface area contributed by atoms with Gasteiger partial charge >= 0.3 is 0 Å². The van der Waals surface area contributed by atoms with Gasteiger partial charge in [-0.15, -0.1) is 0 Å². The van der Waals surface area contributed by atoms with Crippen LogP contribution in [0.4, 0.5) is 11.5 Å². The van der Waals surface area contributed by atoms with Crippen LogP contribution in [-0.2, 0) is 11.4 Å². The summed E-state index contributed by atoms with van der Waals surface area (Å²) >= 11 is 6.45. The van der Waals surface area contributed by atoms with Crippen LogP contribution in [0.15, 0.2) is 67.1 Å². The van der Waals surface area contributed by atoms with Gasteiger partial charge in [0.25, 0.3) is 5.91 Å². The number of likely N-dealkylation sites (N-methyl/N-ethyl adjacent to an activating group) is 1. The van der Waals surface area contributed by atoms with Gasteiger partial charge in [0.1, 0.15) is 30.3 Å². The van der Waals surface area contributed by atoms with E-state index in [4.69, 9.17) is 21.1 Å². The van der Waals surface area contributed by atoms with Crippen molar-refractivity contribution in [1.29, 1.82) is 0 Å². The predicted molar refractivity (Wildman–Crippen MR) is 132 cm³/mol. The van der Waals surface area contributed by atoms with Crippen molar-refractivity contribution in [3.05, 3.63) is 77.8 Å². The van der Waals surface area contributed by atoms with Gasteiger partial charge in [-0.25, -0.2) is 9.97 Å². The summed E-state index contributed by atoms with van der Waals surface area (Å²) < 4.78 is 11.6. The molecule has 0 saturated carbocycles. The molecule has 2 aromatic heterocycles.